The largest absolute Gasteiger partial charge is 0.354 e. The Bertz CT molecular complexity index is 503. The van der Waals surface area contributed by atoms with E-state index in [4.69, 9.17) is 0 Å². The lowest BCUT2D eigenvalue weighted by Gasteiger charge is -2.08. The number of aryl methyl sites for hydroxylation is 2. The van der Waals surface area contributed by atoms with Crippen LogP contribution >= 0.6 is 0 Å². The molecule has 0 aliphatic rings. The fourth-order valence-corrected chi connectivity index (χ4v) is 1.74. The number of nitrogens with one attached hydrogen (secondary N) is 1. The zero-order chi connectivity index (χ0) is 12.3. The van der Waals surface area contributed by atoms with Crippen LogP contribution in [0.4, 0.5) is 5.95 Å². The normalized spacial score (nSPS) is 10.5. The Morgan fingerprint density at radius 2 is 2.12 bits per heavy atom. The summed E-state index contributed by atoms with van der Waals surface area (Å²) in [6, 6.07) is 3.95. The number of nitrogens with zero attached hydrogens (tertiary/aromatic N) is 4. The second-order valence-electron chi connectivity index (χ2n) is 3.78. The van der Waals surface area contributed by atoms with Crippen molar-refractivity contribution in [2.45, 2.75) is 27.3 Å². The van der Waals surface area contributed by atoms with E-state index in [9.17, 15) is 0 Å². The molecule has 2 rings (SSSR count). The summed E-state index contributed by atoms with van der Waals surface area (Å²) >= 11 is 0. The summed E-state index contributed by atoms with van der Waals surface area (Å²) in [6.45, 7) is 7.72. The molecule has 5 heteroatoms. The van der Waals surface area contributed by atoms with Crippen molar-refractivity contribution in [1.29, 1.82) is 0 Å². The third kappa shape index (κ3) is 2.43. The molecule has 0 radical (unpaired) electrons. The van der Waals surface area contributed by atoms with E-state index in [1.54, 1.807) is 6.20 Å². The van der Waals surface area contributed by atoms with Gasteiger partial charge in [0.1, 0.15) is 0 Å². The lowest BCUT2D eigenvalue weighted by atomic mass is 10.2. The van der Waals surface area contributed by atoms with Crippen LogP contribution in [-0.2, 0) is 6.54 Å². The number of aromatic nitrogens is 4. The standard InChI is InChI=1S/C12H17N5/c1-4-13-12-15-9(3)8-10(16-12)11-6-7-14-17(11)5-2/h6-8H,4-5H2,1-3H3,(H,13,15,16). The van der Waals surface area contributed by atoms with E-state index in [-0.39, 0.29) is 0 Å². The Balaban J connectivity index is 2.44. The van der Waals surface area contributed by atoms with Gasteiger partial charge in [-0.2, -0.15) is 5.10 Å². The number of hydrogen-bond acceptors (Lipinski definition) is 4. The quantitative estimate of drug-likeness (QED) is 0.875. The van der Waals surface area contributed by atoms with Crippen molar-refractivity contribution in [3.63, 3.8) is 0 Å². The minimum Gasteiger partial charge on any atom is -0.354 e. The van der Waals surface area contributed by atoms with Gasteiger partial charge in [-0.1, -0.05) is 0 Å². The maximum Gasteiger partial charge on any atom is 0.223 e. The van der Waals surface area contributed by atoms with Crippen LogP contribution in [0.1, 0.15) is 19.5 Å². The van der Waals surface area contributed by atoms with Gasteiger partial charge in [-0.3, -0.25) is 4.68 Å². The first-order valence-electron chi connectivity index (χ1n) is 5.86. The van der Waals surface area contributed by atoms with Crippen molar-refractivity contribution in [3.05, 3.63) is 24.0 Å². The topological polar surface area (TPSA) is 55.6 Å². The lowest BCUT2D eigenvalue weighted by molar-refractivity contribution is 0.665. The molecule has 2 aromatic rings. The van der Waals surface area contributed by atoms with Crippen LogP contribution in [0.25, 0.3) is 11.4 Å². The summed E-state index contributed by atoms with van der Waals surface area (Å²) in [5.74, 6) is 0.673. The zero-order valence-electron chi connectivity index (χ0n) is 10.4. The van der Waals surface area contributed by atoms with E-state index in [0.717, 1.165) is 30.2 Å². The summed E-state index contributed by atoms with van der Waals surface area (Å²) in [5, 5.41) is 7.39. The molecule has 2 heterocycles. The van der Waals surface area contributed by atoms with Crippen molar-refractivity contribution >= 4 is 5.95 Å². The minimum absolute atomic E-state index is 0.673. The van der Waals surface area contributed by atoms with E-state index in [1.807, 2.05) is 30.7 Å². The van der Waals surface area contributed by atoms with E-state index in [0.29, 0.717) is 5.95 Å². The van der Waals surface area contributed by atoms with Crippen LogP contribution < -0.4 is 5.32 Å². The summed E-state index contributed by atoms with van der Waals surface area (Å²) in [6.07, 6.45) is 1.79. The summed E-state index contributed by atoms with van der Waals surface area (Å²) in [4.78, 5) is 8.83. The van der Waals surface area contributed by atoms with Gasteiger partial charge in [-0.25, -0.2) is 9.97 Å². The molecule has 0 saturated heterocycles. The van der Waals surface area contributed by atoms with Crippen molar-refractivity contribution < 1.29 is 0 Å². The molecule has 17 heavy (non-hydrogen) atoms. The summed E-state index contributed by atoms with van der Waals surface area (Å²) in [7, 11) is 0. The van der Waals surface area contributed by atoms with Crippen LogP contribution in [0, 0.1) is 6.92 Å². The molecule has 1 N–H and O–H groups in total. The van der Waals surface area contributed by atoms with Gasteiger partial charge < -0.3 is 5.32 Å². The van der Waals surface area contributed by atoms with E-state index in [1.165, 1.54) is 0 Å². The van der Waals surface area contributed by atoms with Crippen LogP contribution in [0.5, 0.6) is 0 Å². The van der Waals surface area contributed by atoms with Crippen LogP contribution in [0.3, 0.4) is 0 Å². The minimum atomic E-state index is 0.673. The van der Waals surface area contributed by atoms with Crippen molar-refractivity contribution in [3.8, 4) is 11.4 Å². The van der Waals surface area contributed by atoms with Crippen LogP contribution in [0.15, 0.2) is 18.3 Å². The van der Waals surface area contributed by atoms with Gasteiger partial charge >= 0.3 is 0 Å². The molecule has 2 aromatic heterocycles. The van der Waals surface area contributed by atoms with E-state index >= 15 is 0 Å². The molecule has 0 spiro atoms. The Morgan fingerprint density at radius 1 is 1.29 bits per heavy atom. The SMILES string of the molecule is CCNc1nc(C)cc(-c2ccnn2CC)n1. The summed E-state index contributed by atoms with van der Waals surface area (Å²) in [5.41, 5.74) is 2.89. The van der Waals surface area contributed by atoms with Crippen molar-refractivity contribution in [2.24, 2.45) is 0 Å². The molecule has 0 saturated carbocycles. The molecular formula is C12H17N5. The van der Waals surface area contributed by atoms with Crippen LogP contribution in [-0.4, -0.2) is 26.3 Å². The molecule has 0 bridgehead atoms. The Morgan fingerprint density at radius 3 is 2.82 bits per heavy atom. The average molecular weight is 231 g/mol. The van der Waals surface area contributed by atoms with Gasteiger partial charge in [0.15, 0.2) is 0 Å². The first kappa shape index (κ1) is 11.6. The number of rotatable bonds is 4. The van der Waals surface area contributed by atoms with Crippen molar-refractivity contribution in [1.82, 2.24) is 19.7 Å². The smallest absolute Gasteiger partial charge is 0.223 e. The van der Waals surface area contributed by atoms with Crippen molar-refractivity contribution in [2.75, 3.05) is 11.9 Å². The van der Waals surface area contributed by atoms with Gasteiger partial charge in [0, 0.05) is 25.0 Å². The number of hydrogen-bond donors (Lipinski definition) is 1. The van der Waals surface area contributed by atoms with Gasteiger partial charge in [0.25, 0.3) is 0 Å². The maximum absolute atomic E-state index is 4.49. The molecule has 5 nitrogen and oxygen atoms in total. The highest BCUT2D eigenvalue weighted by Gasteiger charge is 2.08. The second-order valence-corrected chi connectivity index (χ2v) is 3.78. The molecule has 0 atom stereocenters. The first-order valence-corrected chi connectivity index (χ1v) is 5.86. The van der Waals surface area contributed by atoms with Gasteiger partial charge in [-0.05, 0) is 32.9 Å². The van der Waals surface area contributed by atoms with Gasteiger partial charge in [0.2, 0.25) is 5.95 Å². The third-order valence-electron chi connectivity index (χ3n) is 2.47. The lowest BCUT2D eigenvalue weighted by Crippen LogP contribution is -2.06. The van der Waals surface area contributed by atoms with Gasteiger partial charge in [0.05, 0.1) is 11.4 Å². The van der Waals surface area contributed by atoms with E-state index < -0.39 is 0 Å². The third-order valence-corrected chi connectivity index (χ3v) is 2.47. The first-order chi connectivity index (χ1) is 8.24. The Hall–Kier alpha value is -1.91. The predicted octanol–water partition coefficient (Wildman–Crippen LogP) is 2.10. The molecule has 0 aliphatic carbocycles. The molecule has 0 unspecified atom stereocenters. The fraction of sp³-hybridized carbons (Fsp3) is 0.417. The molecular weight excluding hydrogens is 214 g/mol. The highest BCUT2D eigenvalue weighted by atomic mass is 15.3. The highest BCUT2D eigenvalue weighted by Crippen LogP contribution is 2.18. The molecule has 0 amide bonds. The molecule has 0 aliphatic heterocycles. The zero-order valence-corrected chi connectivity index (χ0v) is 10.4. The number of anilines is 1. The second kappa shape index (κ2) is 4.95. The van der Waals surface area contributed by atoms with Crippen LogP contribution in [0.2, 0.25) is 0 Å². The molecule has 0 fully saturated rings. The van der Waals surface area contributed by atoms with E-state index in [2.05, 4.69) is 27.3 Å². The fourth-order valence-electron chi connectivity index (χ4n) is 1.74. The summed E-state index contributed by atoms with van der Waals surface area (Å²) < 4.78 is 1.93. The average Bonchev–Trinajstić information content (AvgIpc) is 2.76. The molecule has 0 aromatic carbocycles. The predicted molar refractivity (Wildman–Crippen MR) is 67.8 cm³/mol. The monoisotopic (exact) mass is 231 g/mol. The molecule has 90 valence electrons. The Labute approximate surface area is 101 Å². The van der Waals surface area contributed by atoms with Gasteiger partial charge in [-0.15, -0.1) is 0 Å². The Kier molecular flexibility index (Phi) is 3.37. The maximum atomic E-state index is 4.49. The highest BCUT2D eigenvalue weighted by molar-refractivity contribution is 5.56.